The van der Waals surface area contributed by atoms with Crippen LogP contribution >= 0.6 is 0 Å². The van der Waals surface area contributed by atoms with E-state index < -0.39 is 0 Å². The van der Waals surface area contributed by atoms with Gasteiger partial charge in [0.15, 0.2) is 0 Å². The molecule has 0 saturated heterocycles. The Morgan fingerprint density at radius 2 is 1.96 bits per heavy atom. The third-order valence-corrected chi connectivity index (χ3v) is 4.13. The molecule has 0 radical (unpaired) electrons. The van der Waals surface area contributed by atoms with Crippen molar-refractivity contribution in [2.24, 2.45) is 0 Å². The zero-order valence-electron chi connectivity index (χ0n) is 15.2. The van der Waals surface area contributed by atoms with Gasteiger partial charge in [-0.3, -0.25) is 14.4 Å². The minimum absolute atomic E-state index is 0.0106. The number of nitrogens with zero attached hydrogens (tertiary/aromatic N) is 3. The molecule has 8 nitrogen and oxygen atoms in total. The Labute approximate surface area is 157 Å². The van der Waals surface area contributed by atoms with Gasteiger partial charge in [0.05, 0.1) is 23.3 Å². The van der Waals surface area contributed by atoms with E-state index in [0.717, 1.165) is 5.82 Å². The Balaban J connectivity index is 1.57. The highest BCUT2D eigenvalue weighted by molar-refractivity contribution is 6.10. The minimum atomic E-state index is -0.280. The first-order valence-electron chi connectivity index (χ1n) is 8.56. The largest absolute Gasteiger partial charge is 0.363 e. The molecule has 1 aromatic heterocycles. The van der Waals surface area contributed by atoms with Crippen LogP contribution in [0.25, 0.3) is 0 Å². The zero-order chi connectivity index (χ0) is 19.4. The van der Waals surface area contributed by atoms with Crippen LogP contribution in [0.5, 0.6) is 0 Å². The number of fused-ring (bicyclic) bond motifs is 1. The molecule has 0 atom stereocenters. The average Bonchev–Trinajstić information content (AvgIpc) is 2.65. The Hall–Kier alpha value is -3.42. The first-order chi connectivity index (χ1) is 12.9. The van der Waals surface area contributed by atoms with Gasteiger partial charge in [0.25, 0.3) is 0 Å². The summed E-state index contributed by atoms with van der Waals surface area (Å²) in [6.07, 6.45) is 1.60. The summed E-state index contributed by atoms with van der Waals surface area (Å²) < 4.78 is 0. The number of carbonyl (C=O) groups excluding carboxylic acids is 3. The van der Waals surface area contributed by atoms with Crippen LogP contribution in [0.2, 0.25) is 0 Å². The Kier molecular flexibility index (Phi) is 5.35. The van der Waals surface area contributed by atoms with Crippen LogP contribution in [-0.4, -0.2) is 43.3 Å². The van der Waals surface area contributed by atoms with Gasteiger partial charge in [-0.05, 0) is 24.3 Å². The molecule has 1 aliphatic rings. The molecule has 27 heavy (non-hydrogen) atoms. The lowest BCUT2D eigenvalue weighted by Crippen LogP contribution is -2.42. The molecule has 2 aromatic rings. The number of rotatable bonds is 5. The summed E-state index contributed by atoms with van der Waals surface area (Å²) in [5.41, 5.74) is 1.81. The summed E-state index contributed by atoms with van der Waals surface area (Å²) in [4.78, 5) is 44.0. The number of para-hydroxylation sites is 2. The molecule has 2 N–H and O–H groups in total. The molecule has 3 rings (SSSR count). The van der Waals surface area contributed by atoms with Gasteiger partial charge in [-0.2, -0.15) is 0 Å². The van der Waals surface area contributed by atoms with Crippen LogP contribution in [0, 0.1) is 0 Å². The maximum atomic E-state index is 12.5. The van der Waals surface area contributed by atoms with E-state index in [0.29, 0.717) is 17.1 Å². The number of carbonyl (C=O) groups is 3. The van der Waals surface area contributed by atoms with Crippen LogP contribution in [0.15, 0.2) is 42.6 Å². The predicted octanol–water partition coefficient (Wildman–Crippen LogP) is 1.85. The van der Waals surface area contributed by atoms with Gasteiger partial charge in [-0.1, -0.05) is 12.1 Å². The maximum Gasteiger partial charge on any atom is 0.244 e. The molecule has 0 unspecified atom stereocenters. The molecular weight excluding hydrogens is 346 g/mol. The molecule has 0 saturated carbocycles. The summed E-state index contributed by atoms with van der Waals surface area (Å²) in [5, 5.41) is 5.46. The van der Waals surface area contributed by atoms with Gasteiger partial charge in [-0.25, -0.2) is 4.98 Å². The third kappa shape index (κ3) is 4.41. The van der Waals surface area contributed by atoms with Gasteiger partial charge in [0.1, 0.15) is 12.4 Å². The van der Waals surface area contributed by atoms with E-state index in [-0.39, 0.29) is 37.1 Å². The predicted molar refractivity (Wildman–Crippen MR) is 104 cm³/mol. The van der Waals surface area contributed by atoms with Crippen molar-refractivity contribution in [2.45, 2.75) is 12.8 Å². The monoisotopic (exact) mass is 367 g/mol. The van der Waals surface area contributed by atoms with Crippen LogP contribution in [-0.2, 0) is 14.4 Å². The Morgan fingerprint density at radius 3 is 2.67 bits per heavy atom. The molecule has 0 spiro atoms. The number of nitrogens with one attached hydrogen (secondary N) is 2. The van der Waals surface area contributed by atoms with Crippen LogP contribution in [0.3, 0.4) is 0 Å². The fraction of sp³-hybridized carbons (Fsp3) is 0.263. The lowest BCUT2D eigenvalue weighted by atomic mass is 10.1. The molecule has 0 fully saturated rings. The lowest BCUT2D eigenvalue weighted by Gasteiger charge is -2.29. The first kappa shape index (κ1) is 18.4. The second-order valence-corrected chi connectivity index (χ2v) is 6.39. The smallest absolute Gasteiger partial charge is 0.244 e. The minimum Gasteiger partial charge on any atom is -0.363 e. The summed E-state index contributed by atoms with van der Waals surface area (Å²) >= 11 is 0. The van der Waals surface area contributed by atoms with Crippen molar-refractivity contribution < 1.29 is 14.4 Å². The maximum absolute atomic E-state index is 12.5. The molecule has 8 heteroatoms. The van der Waals surface area contributed by atoms with E-state index in [1.54, 1.807) is 42.6 Å². The normalized spacial score (nSPS) is 12.8. The molecule has 1 aromatic carbocycles. The molecule has 2 heterocycles. The lowest BCUT2D eigenvalue weighted by molar-refractivity contribution is -0.124. The van der Waals surface area contributed by atoms with Crippen LogP contribution in [0.1, 0.15) is 12.8 Å². The van der Waals surface area contributed by atoms with Crippen molar-refractivity contribution in [1.82, 2.24) is 4.98 Å². The number of benzene rings is 1. The number of hydrogen-bond donors (Lipinski definition) is 2. The van der Waals surface area contributed by atoms with Gasteiger partial charge in [0.2, 0.25) is 17.7 Å². The van der Waals surface area contributed by atoms with Crippen molar-refractivity contribution in [1.29, 1.82) is 0 Å². The highest BCUT2D eigenvalue weighted by Gasteiger charge is 2.26. The first-order valence-corrected chi connectivity index (χ1v) is 8.56. The summed E-state index contributed by atoms with van der Waals surface area (Å²) in [7, 11) is 3.76. The summed E-state index contributed by atoms with van der Waals surface area (Å²) in [6, 6.07) is 10.6. The van der Waals surface area contributed by atoms with E-state index in [9.17, 15) is 14.4 Å². The fourth-order valence-electron chi connectivity index (χ4n) is 2.76. The van der Waals surface area contributed by atoms with E-state index in [2.05, 4.69) is 15.6 Å². The highest BCUT2D eigenvalue weighted by Crippen LogP contribution is 2.29. The van der Waals surface area contributed by atoms with Crippen molar-refractivity contribution >= 4 is 40.6 Å². The van der Waals surface area contributed by atoms with Crippen molar-refractivity contribution in [2.75, 3.05) is 41.1 Å². The van der Waals surface area contributed by atoms with E-state index in [4.69, 9.17) is 0 Å². The third-order valence-electron chi connectivity index (χ3n) is 4.13. The summed E-state index contributed by atoms with van der Waals surface area (Å²) in [6.45, 7) is -0.0482. The number of amides is 3. The van der Waals surface area contributed by atoms with Crippen molar-refractivity contribution in [3.8, 4) is 0 Å². The van der Waals surface area contributed by atoms with Gasteiger partial charge in [-0.15, -0.1) is 0 Å². The van der Waals surface area contributed by atoms with Crippen LogP contribution < -0.4 is 20.4 Å². The van der Waals surface area contributed by atoms with Gasteiger partial charge in [0, 0.05) is 26.9 Å². The average molecular weight is 367 g/mol. The summed E-state index contributed by atoms with van der Waals surface area (Å²) in [5.74, 6) is -0.0187. The second kappa shape index (κ2) is 7.86. The molecular formula is C19H21N5O3. The van der Waals surface area contributed by atoms with Gasteiger partial charge >= 0.3 is 0 Å². The standard InChI is InChI=1S/C19H21N5O3/c1-23(2)16-8-7-13(11-20-16)21-17(25)9-10-19(27)24-12-18(26)22-14-5-3-4-6-15(14)24/h3-8,11H,9-10,12H2,1-2H3,(H,21,25)(H,22,26). The fourth-order valence-corrected chi connectivity index (χ4v) is 2.76. The number of anilines is 4. The Bertz CT molecular complexity index is 864. The quantitative estimate of drug-likeness (QED) is 0.841. The topological polar surface area (TPSA) is 94.6 Å². The van der Waals surface area contributed by atoms with Crippen molar-refractivity contribution in [3.05, 3.63) is 42.6 Å². The zero-order valence-corrected chi connectivity index (χ0v) is 15.2. The molecule has 3 amide bonds. The van der Waals surface area contributed by atoms with Gasteiger partial charge < -0.3 is 20.4 Å². The van der Waals surface area contributed by atoms with Crippen LogP contribution in [0.4, 0.5) is 22.9 Å². The second-order valence-electron chi connectivity index (χ2n) is 6.39. The molecule has 0 bridgehead atoms. The molecule has 140 valence electrons. The van der Waals surface area contributed by atoms with E-state index in [1.807, 2.05) is 19.0 Å². The van der Waals surface area contributed by atoms with E-state index >= 15 is 0 Å². The highest BCUT2D eigenvalue weighted by atomic mass is 16.2. The van der Waals surface area contributed by atoms with E-state index in [1.165, 1.54) is 4.90 Å². The van der Waals surface area contributed by atoms with Crippen molar-refractivity contribution in [3.63, 3.8) is 0 Å². The molecule has 1 aliphatic heterocycles. The SMILES string of the molecule is CN(C)c1ccc(NC(=O)CCC(=O)N2CC(=O)Nc3ccccc32)cn1. The number of hydrogen-bond acceptors (Lipinski definition) is 5. The number of aromatic nitrogens is 1. The Morgan fingerprint density at radius 1 is 1.19 bits per heavy atom. The number of pyridine rings is 1. The molecule has 0 aliphatic carbocycles.